The zero-order valence-electron chi connectivity index (χ0n) is 16.3. The summed E-state index contributed by atoms with van der Waals surface area (Å²) in [6, 6.07) is 6.10. The fourth-order valence-corrected chi connectivity index (χ4v) is 3.54. The number of aryl methyl sites for hydroxylation is 1. The van der Waals surface area contributed by atoms with Crippen LogP contribution in [0.2, 0.25) is 5.02 Å². The third kappa shape index (κ3) is 4.64. The molecule has 0 radical (unpaired) electrons. The summed E-state index contributed by atoms with van der Waals surface area (Å²) in [5.74, 6) is -0.0630. The summed E-state index contributed by atoms with van der Waals surface area (Å²) in [7, 11) is 1.51. The van der Waals surface area contributed by atoms with Crippen LogP contribution >= 0.6 is 11.6 Å². The van der Waals surface area contributed by atoms with Crippen LogP contribution in [-0.4, -0.2) is 20.2 Å². The third-order valence-corrected chi connectivity index (χ3v) is 5.26. The van der Waals surface area contributed by atoms with Gasteiger partial charge in [0.2, 0.25) is 0 Å². The molecule has 0 saturated carbocycles. The number of hydrogen-bond acceptors (Lipinski definition) is 3. The van der Waals surface area contributed by atoms with Crippen LogP contribution in [0.25, 0.3) is 0 Å². The van der Waals surface area contributed by atoms with E-state index in [0.29, 0.717) is 40.7 Å². The number of methoxy groups -OCH3 is 1. The van der Waals surface area contributed by atoms with Gasteiger partial charge in [-0.05, 0) is 55.0 Å². The summed E-state index contributed by atoms with van der Waals surface area (Å²) in [5.41, 5.74) is 7.86. The second-order valence-corrected chi connectivity index (χ2v) is 6.84. The lowest BCUT2D eigenvalue weighted by atomic mass is 9.88. The number of nitrogen functional groups attached to an aromatic ring is 1. The number of piperidine rings is 1. The molecule has 1 saturated heterocycles. The van der Waals surface area contributed by atoms with Gasteiger partial charge in [0.05, 0.1) is 18.5 Å². The number of nitrogens with zero attached hydrogens (tertiary/aromatic N) is 1. The maximum absolute atomic E-state index is 14.3. The topological polar surface area (TPSA) is 38.5 Å². The van der Waals surface area contributed by atoms with Crippen molar-refractivity contribution in [2.45, 2.75) is 39.5 Å². The quantitative estimate of drug-likeness (QED) is 0.653. The molecule has 0 spiro atoms. The monoisotopic (exact) mass is 396 g/mol. The summed E-state index contributed by atoms with van der Waals surface area (Å²) in [4.78, 5) is 1.96. The van der Waals surface area contributed by atoms with Gasteiger partial charge in [0.1, 0.15) is 17.4 Å². The van der Waals surface area contributed by atoms with Gasteiger partial charge in [0.25, 0.3) is 0 Å². The Morgan fingerprint density at radius 3 is 2.30 bits per heavy atom. The average molecular weight is 397 g/mol. The second kappa shape index (κ2) is 9.27. The number of anilines is 2. The average Bonchev–Trinajstić information content (AvgIpc) is 2.67. The molecule has 0 aliphatic carbocycles. The van der Waals surface area contributed by atoms with E-state index >= 15 is 0 Å². The fraction of sp³-hybridized carbons (Fsp3) is 0.429. The molecule has 2 N–H and O–H groups in total. The molecular weight excluding hydrogens is 370 g/mol. The Labute approximate surface area is 165 Å². The zero-order valence-corrected chi connectivity index (χ0v) is 17.0. The molecule has 1 fully saturated rings. The Morgan fingerprint density at radius 2 is 1.70 bits per heavy atom. The van der Waals surface area contributed by atoms with Gasteiger partial charge < -0.3 is 15.4 Å². The van der Waals surface area contributed by atoms with Crippen LogP contribution in [0.15, 0.2) is 24.3 Å². The maximum Gasteiger partial charge on any atom is 0.146 e. The van der Waals surface area contributed by atoms with Crippen molar-refractivity contribution in [3.05, 3.63) is 52.0 Å². The molecule has 1 heterocycles. The number of halogens is 3. The molecule has 148 valence electrons. The van der Waals surface area contributed by atoms with Gasteiger partial charge in [-0.3, -0.25) is 0 Å². The first kappa shape index (κ1) is 21.3. The molecule has 0 atom stereocenters. The molecule has 0 bridgehead atoms. The van der Waals surface area contributed by atoms with Gasteiger partial charge in [-0.15, -0.1) is 0 Å². The molecule has 27 heavy (non-hydrogen) atoms. The van der Waals surface area contributed by atoms with Crippen LogP contribution < -0.4 is 15.4 Å². The van der Waals surface area contributed by atoms with E-state index in [0.717, 1.165) is 12.8 Å². The molecule has 0 unspecified atom stereocenters. The summed E-state index contributed by atoms with van der Waals surface area (Å²) < 4.78 is 33.8. The molecule has 2 aromatic rings. The van der Waals surface area contributed by atoms with E-state index in [1.54, 1.807) is 19.1 Å². The molecule has 1 aliphatic heterocycles. The van der Waals surface area contributed by atoms with Crippen molar-refractivity contribution in [1.82, 2.24) is 0 Å². The van der Waals surface area contributed by atoms with Gasteiger partial charge in [-0.2, -0.15) is 0 Å². The van der Waals surface area contributed by atoms with Crippen molar-refractivity contribution in [2.75, 3.05) is 30.8 Å². The van der Waals surface area contributed by atoms with Gasteiger partial charge in [-0.25, -0.2) is 8.78 Å². The van der Waals surface area contributed by atoms with E-state index in [1.165, 1.54) is 19.2 Å². The summed E-state index contributed by atoms with van der Waals surface area (Å²) in [6.07, 6.45) is 1.43. The molecule has 3 rings (SSSR count). The predicted molar refractivity (Wildman–Crippen MR) is 109 cm³/mol. The minimum atomic E-state index is -0.318. The summed E-state index contributed by atoms with van der Waals surface area (Å²) in [6.45, 7) is 7.04. The van der Waals surface area contributed by atoms with Crippen LogP contribution in [0.1, 0.15) is 43.7 Å². The first-order chi connectivity index (χ1) is 12.9. The molecular formula is C21H27ClF2N2O. The molecule has 0 aromatic heterocycles. The lowest BCUT2D eigenvalue weighted by Crippen LogP contribution is -2.33. The molecule has 0 amide bonds. The van der Waals surface area contributed by atoms with Crippen LogP contribution in [0.3, 0.4) is 0 Å². The standard InChI is InChI=1S/C19H21ClF2N2O.C2H6/c1-11-7-16(22)18(9-14(11)20)24-5-3-12(4-6-24)13-8-19(25-2)17(23)10-15(13)21;1-2/h7-10,12H,3-6,23H2,1-2H3;1-2H3. The predicted octanol–water partition coefficient (Wildman–Crippen LogP) is 5.93. The highest BCUT2D eigenvalue weighted by atomic mass is 35.5. The Hall–Kier alpha value is -2.01. The van der Waals surface area contributed by atoms with Crippen molar-refractivity contribution >= 4 is 23.0 Å². The number of benzene rings is 2. The minimum absolute atomic E-state index is 0.0507. The number of rotatable bonds is 3. The van der Waals surface area contributed by atoms with Crippen LogP contribution in [0.5, 0.6) is 5.75 Å². The number of hydrogen-bond donors (Lipinski definition) is 1. The van der Waals surface area contributed by atoms with E-state index < -0.39 is 0 Å². The first-order valence-corrected chi connectivity index (χ1v) is 9.62. The van der Waals surface area contributed by atoms with E-state index in [9.17, 15) is 8.78 Å². The highest BCUT2D eigenvalue weighted by molar-refractivity contribution is 6.31. The zero-order chi connectivity index (χ0) is 20.1. The van der Waals surface area contributed by atoms with Crippen molar-refractivity contribution < 1.29 is 13.5 Å². The fourth-order valence-electron chi connectivity index (χ4n) is 3.38. The highest BCUT2D eigenvalue weighted by Gasteiger charge is 2.25. The van der Waals surface area contributed by atoms with Crippen molar-refractivity contribution in [3.8, 4) is 5.75 Å². The normalized spacial score (nSPS) is 14.6. The molecule has 2 aromatic carbocycles. The van der Waals surface area contributed by atoms with Crippen LogP contribution in [0, 0.1) is 18.6 Å². The van der Waals surface area contributed by atoms with E-state index in [4.69, 9.17) is 22.1 Å². The lowest BCUT2D eigenvalue weighted by Gasteiger charge is -2.34. The molecule has 6 heteroatoms. The summed E-state index contributed by atoms with van der Waals surface area (Å²) >= 11 is 6.13. The number of nitrogens with two attached hydrogens (primary N) is 1. The van der Waals surface area contributed by atoms with Crippen molar-refractivity contribution in [1.29, 1.82) is 0 Å². The minimum Gasteiger partial charge on any atom is -0.495 e. The Morgan fingerprint density at radius 1 is 1.07 bits per heavy atom. The third-order valence-electron chi connectivity index (χ3n) is 4.85. The largest absolute Gasteiger partial charge is 0.495 e. The van der Waals surface area contributed by atoms with Crippen LogP contribution in [0.4, 0.5) is 20.2 Å². The van der Waals surface area contributed by atoms with Gasteiger partial charge in [-0.1, -0.05) is 25.4 Å². The maximum atomic E-state index is 14.3. The van der Waals surface area contributed by atoms with Gasteiger partial charge in [0.15, 0.2) is 0 Å². The van der Waals surface area contributed by atoms with Crippen molar-refractivity contribution in [2.24, 2.45) is 0 Å². The Balaban J connectivity index is 0.00000126. The Bertz CT molecular complexity index is 790. The van der Waals surface area contributed by atoms with Gasteiger partial charge >= 0.3 is 0 Å². The van der Waals surface area contributed by atoms with Crippen LogP contribution in [-0.2, 0) is 0 Å². The number of ether oxygens (including phenoxy) is 1. The second-order valence-electron chi connectivity index (χ2n) is 6.43. The smallest absolute Gasteiger partial charge is 0.146 e. The van der Waals surface area contributed by atoms with Crippen molar-refractivity contribution in [3.63, 3.8) is 0 Å². The summed E-state index contributed by atoms with van der Waals surface area (Å²) in [5, 5.41) is 0.549. The lowest BCUT2D eigenvalue weighted by molar-refractivity contribution is 0.411. The molecule has 1 aliphatic rings. The van der Waals surface area contributed by atoms with E-state index in [2.05, 4.69) is 0 Å². The molecule has 3 nitrogen and oxygen atoms in total. The highest BCUT2D eigenvalue weighted by Crippen LogP contribution is 2.37. The van der Waals surface area contributed by atoms with E-state index in [1.807, 2.05) is 18.7 Å². The van der Waals surface area contributed by atoms with E-state index in [-0.39, 0.29) is 23.2 Å². The van der Waals surface area contributed by atoms with Gasteiger partial charge in [0, 0.05) is 24.2 Å². The SMILES string of the molecule is CC.COc1cc(C2CCN(c3cc(Cl)c(C)cc3F)CC2)c(F)cc1N. The first-order valence-electron chi connectivity index (χ1n) is 9.24. The Kier molecular flexibility index (Phi) is 7.31.